The molecular weight excluding hydrogens is 316 g/mol. The van der Waals surface area contributed by atoms with E-state index in [4.69, 9.17) is 27.3 Å². The SMILES string of the molecule is CCOc1nc(C(=O)NCc2ccc(Cl)cc2)cc(N)c1C#N. The highest BCUT2D eigenvalue weighted by molar-refractivity contribution is 6.30. The fraction of sp³-hybridized carbons (Fsp3) is 0.188. The minimum Gasteiger partial charge on any atom is -0.477 e. The maximum Gasteiger partial charge on any atom is 0.270 e. The van der Waals surface area contributed by atoms with Crippen LogP contribution in [0, 0.1) is 11.3 Å². The summed E-state index contributed by atoms with van der Waals surface area (Å²) in [4.78, 5) is 16.3. The monoisotopic (exact) mass is 330 g/mol. The third-order valence-electron chi connectivity index (χ3n) is 3.01. The fourth-order valence-electron chi connectivity index (χ4n) is 1.89. The van der Waals surface area contributed by atoms with Crippen molar-refractivity contribution in [2.24, 2.45) is 0 Å². The number of ether oxygens (including phenoxy) is 1. The van der Waals surface area contributed by atoms with Crippen molar-refractivity contribution in [3.63, 3.8) is 0 Å². The van der Waals surface area contributed by atoms with Crippen LogP contribution in [-0.4, -0.2) is 17.5 Å². The van der Waals surface area contributed by atoms with E-state index < -0.39 is 5.91 Å². The van der Waals surface area contributed by atoms with Crippen LogP contribution >= 0.6 is 11.6 Å². The minimum absolute atomic E-state index is 0.0617. The third-order valence-corrected chi connectivity index (χ3v) is 3.26. The van der Waals surface area contributed by atoms with Crippen LogP contribution in [0.1, 0.15) is 28.5 Å². The van der Waals surface area contributed by atoms with Gasteiger partial charge in [0.25, 0.3) is 5.91 Å². The lowest BCUT2D eigenvalue weighted by molar-refractivity contribution is 0.0945. The van der Waals surface area contributed by atoms with Crippen molar-refractivity contribution in [3.8, 4) is 11.9 Å². The molecule has 0 radical (unpaired) electrons. The summed E-state index contributed by atoms with van der Waals surface area (Å²) < 4.78 is 5.27. The third kappa shape index (κ3) is 4.11. The van der Waals surface area contributed by atoms with Gasteiger partial charge in [-0.1, -0.05) is 23.7 Å². The number of hydrogen-bond donors (Lipinski definition) is 2. The molecule has 0 atom stereocenters. The van der Waals surface area contributed by atoms with Crippen molar-refractivity contribution in [3.05, 3.63) is 52.2 Å². The molecule has 1 aromatic carbocycles. The second-order valence-corrected chi connectivity index (χ2v) is 5.07. The first-order chi connectivity index (χ1) is 11.0. The molecule has 6 nitrogen and oxygen atoms in total. The van der Waals surface area contributed by atoms with Gasteiger partial charge in [0.05, 0.1) is 12.3 Å². The number of rotatable bonds is 5. The lowest BCUT2D eigenvalue weighted by atomic mass is 10.2. The number of nitrogens with two attached hydrogens (primary N) is 1. The molecule has 0 aliphatic rings. The normalized spacial score (nSPS) is 9.96. The Balaban J connectivity index is 2.15. The molecule has 0 saturated carbocycles. The van der Waals surface area contributed by atoms with E-state index in [-0.39, 0.29) is 22.8 Å². The first-order valence-corrected chi connectivity index (χ1v) is 7.29. The molecule has 2 rings (SSSR count). The van der Waals surface area contributed by atoms with Crippen molar-refractivity contribution in [1.82, 2.24) is 10.3 Å². The quantitative estimate of drug-likeness (QED) is 0.877. The topological polar surface area (TPSA) is 101 Å². The van der Waals surface area contributed by atoms with Crippen LogP contribution < -0.4 is 15.8 Å². The summed E-state index contributed by atoms with van der Waals surface area (Å²) in [5.41, 5.74) is 7.06. The maximum atomic E-state index is 12.2. The molecule has 0 fully saturated rings. The smallest absolute Gasteiger partial charge is 0.270 e. The second-order valence-electron chi connectivity index (χ2n) is 4.63. The Labute approximate surface area is 138 Å². The molecule has 1 aromatic heterocycles. The maximum absolute atomic E-state index is 12.2. The zero-order chi connectivity index (χ0) is 16.8. The van der Waals surface area contributed by atoms with E-state index in [1.54, 1.807) is 19.1 Å². The predicted octanol–water partition coefficient (Wildman–Crippen LogP) is 2.52. The van der Waals surface area contributed by atoms with Crippen LogP contribution in [-0.2, 0) is 6.54 Å². The predicted molar refractivity (Wildman–Crippen MR) is 87.2 cm³/mol. The summed E-state index contributed by atoms with van der Waals surface area (Å²) in [6.45, 7) is 2.39. The van der Waals surface area contributed by atoms with E-state index in [0.29, 0.717) is 18.2 Å². The molecule has 7 heteroatoms. The first-order valence-electron chi connectivity index (χ1n) is 6.91. The summed E-state index contributed by atoms with van der Waals surface area (Å²) in [6, 6.07) is 10.4. The van der Waals surface area contributed by atoms with Crippen molar-refractivity contribution < 1.29 is 9.53 Å². The average Bonchev–Trinajstić information content (AvgIpc) is 2.54. The van der Waals surface area contributed by atoms with E-state index in [0.717, 1.165) is 5.56 Å². The van der Waals surface area contributed by atoms with Crippen molar-refractivity contribution in [2.45, 2.75) is 13.5 Å². The van der Waals surface area contributed by atoms with Gasteiger partial charge >= 0.3 is 0 Å². The van der Waals surface area contributed by atoms with Gasteiger partial charge in [-0.25, -0.2) is 4.98 Å². The molecule has 3 N–H and O–H groups in total. The lowest BCUT2D eigenvalue weighted by Gasteiger charge is -2.10. The number of carbonyl (C=O) groups excluding carboxylic acids is 1. The Bertz CT molecular complexity index is 754. The van der Waals surface area contributed by atoms with Crippen molar-refractivity contribution in [1.29, 1.82) is 5.26 Å². The minimum atomic E-state index is -0.405. The number of carbonyl (C=O) groups is 1. The van der Waals surface area contributed by atoms with Crippen LogP contribution in [0.15, 0.2) is 30.3 Å². The van der Waals surface area contributed by atoms with Crippen LogP contribution in [0.25, 0.3) is 0 Å². The lowest BCUT2D eigenvalue weighted by Crippen LogP contribution is -2.24. The zero-order valence-electron chi connectivity index (χ0n) is 12.5. The van der Waals surface area contributed by atoms with Crippen LogP contribution in [0.3, 0.4) is 0 Å². The fourth-order valence-corrected chi connectivity index (χ4v) is 2.01. The standard InChI is InChI=1S/C16H15ClN4O2/c1-2-23-16-12(8-18)13(19)7-14(21-16)15(22)20-9-10-3-5-11(17)6-4-10/h3-7H,2,9H2,1H3,(H2,19,21)(H,20,22). The molecule has 0 aliphatic carbocycles. The largest absolute Gasteiger partial charge is 0.477 e. The Morgan fingerprint density at radius 2 is 2.13 bits per heavy atom. The molecule has 118 valence electrons. The van der Waals surface area contributed by atoms with Gasteiger partial charge < -0.3 is 15.8 Å². The number of aromatic nitrogens is 1. The number of nitrogens with one attached hydrogen (secondary N) is 1. The summed E-state index contributed by atoms with van der Waals surface area (Å²) in [5.74, 6) is -0.344. The average molecular weight is 331 g/mol. The second kappa shape index (κ2) is 7.47. The number of pyridine rings is 1. The Hall–Kier alpha value is -2.78. The first kappa shape index (κ1) is 16.6. The van der Waals surface area contributed by atoms with Gasteiger partial charge in [-0.15, -0.1) is 0 Å². The number of nitriles is 1. The summed E-state index contributed by atoms with van der Waals surface area (Å²) in [7, 11) is 0. The highest BCUT2D eigenvalue weighted by atomic mass is 35.5. The molecule has 0 spiro atoms. The van der Waals surface area contributed by atoms with E-state index in [1.807, 2.05) is 18.2 Å². The molecule has 1 amide bonds. The molecule has 2 aromatic rings. The van der Waals surface area contributed by atoms with Gasteiger partial charge in [0.2, 0.25) is 5.88 Å². The Kier molecular flexibility index (Phi) is 5.39. The van der Waals surface area contributed by atoms with Gasteiger partial charge in [-0.2, -0.15) is 5.26 Å². The molecular formula is C16H15ClN4O2. The van der Waals surface area contributed by atoms with E-state index in [2.05, 4.69) is 10.3 Å². The van der Waals surface area contributed by atoms with E-state index in [1.165, 1.54) is 6.07 Å². The Morgan fingerprint density at radius 1 is 1.43 bits per heavy atom. The highest BCUT2D eigenvalue weighted by Gasteiger charge is 2.16. The summed E-state index contributed by atoms with van der Waals surface area (Å²) in [6.07, 6.45) is 0. The van der Waals surface area contributed by atoms with Crippen LogP contribution in [0.2, 0.25) is 5.02 Å². The molecule has 0 aliphatic heterocycles. The molecule has 0 unspecified atom stereocenters. The number of amides is 1. The summed E-state index contributed by atoms with van der Waals surface area (Å²) in [5, 5.41) is 12.4. The molecule has 1 heterocycles. The van der Waals surface area contributed by atoms with Crippen LogP contribution in [0.5, 0.6) is 5.88 Å². The molecule has 23 heavy (non-hydrogen) atoms. The number of hydrogen-bond acceptors (Lipinski definition) is 5. The summed E-state index contributed by atoms with van der Waals surface area (Å²) >= 11 is 5.81. The number of halogens is 1. The highest BCUT2D eigenvalue weighted by Crippen LogP contribution is 2.22. The molecule has 0 saturated heterocycles. The number of nitrogen functional groups attached to an aromatic ring is 1. The number of nitrogens with zero attached hydrogens (tertiary/aromatic N) is 2. The van der Waals surface area contributed by atoms with Gasteiger partial charge in [0.1, 0.15) is 17.3 Å². The Morgan fingerprint density at radius 3 is 2.74 bits per heavy atom. The van der Waals surface area contributed by atoms with E-state index >= 15 is 0 Å². The molecule has 0 bridgehead atoms. The van der Waals surface area contributed by atoms with Gasteiger partial charge in [0.15, 0.2) is 0 Å². The van der Waals surface area contributed by atoms with Crippen molar-refractivity contribution >= 4 is 23.2 Å². The van der Waals surface area contributed by atoms with Gasteiger partial charge in [-0.05, 0) is 30.7 Å². The zero-order valence-corrected chi connectivity index (χ0v) is 13.2. The number of benzene rings is 1. The van der Waals surface area contributed by atoms with Gasteiger partial charge in [-0.3, -0.25) is 4.79 Å². The van der Waals surface area contributed by atoms with Crippen LogP contribution in [0.4, 0.5) is 5.69 Å². The van der Waals surface area contributed by atoms with Crippen molar-refractivity contribution in [2.75, 3.05) is 12.3 Å². The van der Waals surface area contributed by atoms with Gasteiger partial charge in [0, 0.05) is 11.6 Å². The number of anilines is 1. The van der Waals surface area contributed by atoms with E-state index in [9.17, 15) is 4.79 Å².